The molecule has 230 valence electrons. The van der Waals surface area contributed by atoms with Crippen LogP contribution in [-0.2, 0) is 21.2 Å². The predicted molar refractivity (Wildman–Crippen MR) is 142 cm³/mol. The van der Waals surface area contributed by atoms with Gasteiger partial charge in [0.05, 0.1) is 42.0 Å². The highest BCUT2D eigenvalue weighted by Gasteiger charge is 2.49. The van der Waals surface area contributed by atoms with Gasteiger partial charge < -0.3 is 19.9 Å². The first kappa shape index (κ1) is 30.5. The van der Waals surface area contributed by atoms with Crippen molar-refractivity contribution in [2.75, 3.05) is 32.8 Å². The van der Waals surface area contributed by atoms with Crippen molar-refractivity contribution in [1.82, 2.24) is 25.7 Å². The molecule has 0 radical (unpaired) electrons. The minimum absolute atomic E-state index is 0.0186. The van der Waals surface area contributed by atoms with Crippen molar-refractivity contribution in [3.63, 3.8) is 0 Å². The first-order valence-electron chi connectivity index (χ1n) is 13.5. The Labute approximate surface area is 243 Å². The number of hydrogen-bond acceptors (Lipinski definition) is 7. The van der Waals surface area contributed by atoms with E-state index in [1.807, 2.05) is 0 Å². The van der Waals surface area contributed by atoms with E-state index < -0.39 is 46.4 Å². The second-order valence-electron chi connectivity index (χ2n) is 12.1. The molecule has 0 aliphatic carbocycles. The van der Waals surface area contributed by atoms with Crippen LogP contribution in [0.15, 0.2) is 47.0 Å². The summed E-state index contributed by atoms with van der Waals surface area (Å²) in [5.74, 6) is -2.95. The lowest BCUT2D eigenvalue weighted by Gasteiger charge is -2.54. The van der Waals surface area contributed by atoms with Crippen LogP contribution in [0.1, 0.15) is 49.1 Å². The monoisotopic (exact) mass is 607 g/mol. The average molecular weight is 608 g/mol. The fourth-order valence-corrected chi connectivity index (χ4v) is 5.45. The molecule has 0 spiro atoms. The number of benzene rings is 1. The second kappa shape index (κ2) is 11.0. The van der Waals surface area contributed by atoms with E-state index in [4.69, 9.17) is 9.26 Å². The number of pyridine rings is 1. The number of hydrogen-bond donors (Lipinski definition) is 2. The van der Waals surface area contributed by atoms with Gasteiger partial charge in [0.2, 0.25) is 5.91 Å². The van der Waals surface area contributed by atoms with Crippen molar-refractivity contribution < 1.29 is 40.8 Å². The first-order chi connectivity index (χ1) is 20.1. The van der Waals surface area contributed by atoms with Gasteiger partial charge in [-0.3, -0.25) is 14.5 Å². The number of ether oxygens (including phenoxy) is 1. The Hall–Kier alpha value is -3.91. The van der Waals surface area contributed by atoms with Gasteiger partial charge in [-0.05, 0) is 38.1 Å². The van der Waals surface area contributed by atoms with Crippen molar-refractivity contribution >= 4 is 11.8 Å². The van der Waals surface area contributed by atoms with Gasteiger partial charge in [-0.15, -0.1) is 0 Å². The van der Waals surface area contributed by atoms with Gasteiger partial charge >= 0.3 is 6.18 Å². The molecule has 5 rings (SSSR count). The fourth-order valence-electron chi connectivity index (χ4n) is 5.45. The highest BCUT2D eigenvalue weighted by atomic mass is 19.4. The molecule has 0 unspecified atom stereocenters. The van der Waals surface area contributed by atoms with Gasteiger partial charge in [-0.2, -0.15) is 13.2 Å². The van der Waals surface area contributed by atoms with E-state index in [1.165, 1.54) is 32.0 Å². The molecule has 0 saturated carbocycles. The second-order valence-corrected chi connectivity index (χ2v) is 12.1. The van der Waals surface area contributed by atoms with Crippen LogP contribution in [0.25, 0.3) is 11.3 Å². The molecule has 0 atom stereocenters. The minimum Gasteiger partial charge on any atom is -0.380 e. The topological polar surface area (TPSA) is 110 Å². The molecule has 2 saturated heterocycles. The van der Waals surface area contributed by atoms with Crippen LogP contribution in [0.4, 0.5) is 22.0 Å². The number of likely N-dealkylation sites (tertiary alicyclic amines) is 1. The van der Waals surface area contributed by atoms with Crippen LogP contribution < -0.4 is 10.6 Å². The number of nitrogens with one attached hydrogen (secondary N) is 2. The number of nitrogens with zero attached hydrogens (tertiary/aromatic N) is 3. The van der Waals surface area contributed by atoms with Crippen LogP contribution in [0.5, 0.6) is 0 Å². The van der Waals surface area contributed by atoms with Gasteiger partial charge in [0, 0.05) is 37.2 Å². The quantitative estimate of drug-likeness (QED) is 0.349. The SMILES string of the molecule is CC1(CN2CC(CC(=O)NC(C)(C)c3cccc(C(F)(F)F)n3)(NC(=O)c3cc(-c4ccc(F)cc4F)on3)C2)COC1. The summed E-state index contributed by atoms with van der Waals surface area (Å²) in [5.41, 5.74) is -3.68. The van der Waals surface area contributed by atoms with Crippen LogP contribution >= 0.6 is 0 Å². The third kappa shape index (κ3) is 6.69. The number of amides is 2. The molecule has 0 bridgehead atoms. The Kier molecular flexibility index (Phi) is 7.80. The smallest absolute Gasteiger partial charge is 0.380 e. The van der Waals surface area contributed by atoms with E-state index in [9.17, 15) is 31.5 Å². The maximum atomic E-state index is 14.2. The Morgan fingerprint density at radius 3 is 2.37 bits per heavy atom. The van der Waals surface area contributed by atoms with Crippen LogP contribution in [0, 0.1) is 17.0 Å². The first-order valence-corrected chi connectivity index (χ1v) is 13.5. The molecule has 43 heavy (non-hydrogen) atoms. The van der Waals surface area contributed by atoms with E-state index in [-0.39, 0.29) is 34.5 Å². The zero-order valence-electron chi connectivity index (χ0n) is 23.6. The number of aromatic nitrogens is 2. The highest BCUT2D eigenvalue weighted by molar-refractivity contribution is 5.94. The number of carbonyl (C=O) groups is 2. The van der Waals surface area contributed by atoms with Crippen molar-refractivity contribution in [1.29, 1.82) is 0 Å². The lowest BCUT2D eigenvalue weighted by molar-refractivity contribution is -0.141. The Balaban J connectivity index is 1.31. The predicted octanol–water partition coefficient (Wildman–Crippen LogP) is 4.30. The van der Waals surface area contributed by atoms with E-state index in [2.05, 4.69) is 32.6 Å². The summed E-state index contributed by atoms with van der Waals surface area (Å²) in [6.07, 6.45) is -4.84. The van der Waals surface area contributed by atoms with Crippen molar-refractivity contribution in [2.24, 2.45) is 5.41 Å². The zero-order valence-corrected chi connectivity index (χ0v) is 23.6. The molecule has 1 aromatic carbocycles. The van der Waals surface area contributed by atoms with Crippen molar-refractivity contribution in [3.8, 4) is 11.3 Å². The average Bonchev–Trinajstić information content (AvgIpc) is 3.36. The molecule has 14 heteroatoms. The molecule has 4 heterocycles. The van der Waals surface area contributed by atoms with Crippen LogP contribution in [0.2, 0.25) is 0 Å². The molecule has 2 fully saturated rings. The number of halogens is 5. The summed E-state index contributed by atoms with van der Waals surface area (Å²) < 4.78 is 77.7. The third-order valence-electron chi connectivity index (χ3n) is 7.51. The van der Waals surface area contributed by atoms with E-state index in [0.717, 1.165) is 18.2 Å². The summed E-state index contributed by atoms with van der Waals surface area (Å²) in [4.78, 5) is 32.3. The molecule has 2 amide bonds. The Morgan fingerprint density at radius 1 is 1.05 bits per heavy atom. The summed E-state index contributed by atoms with van der Waals surface area (Å²) >= 11 is 0. The zero-order chi connectivity index (χ0) is 31.2. The Morgan fingerprint density at radius 2 is 1.74 bits per heavy atom. The number of alkyl halides is 3. The van der Waals surface area contributed by atoms with Crippen molar-refractivity contribution in [3.05, 3.63) is 71.2 Å². The summed E-state index contributed by atoms with van der Waals surface area (Å²) in [6.45, 7) is 7.60. The van der Waals surface area contributed by atoms with Gasteiger partial charge in [-0.1, -0.05) is 18.1 Å². The van der Waals surface area contributed by atoms with E-state index in [1.54, 1.807) is 0 Å². The Bertz CT molecular complexity index is 1530. The summed E-state index contributed by atoms with van der Waals surface area (Å²) in [7, 11) is 0. The summed E-state index contributed by atoms with van der Waals surface area (Å²) in [6, 6.07) is 7.56. The lowest BCUT2D eigenvalue weighted by Crippen LogP contribution is -2.73. The largest absolute Gasteiger partial charge is 0.433 e. The van der Waals surface area contributed by atoms with Gasteiger partial charge in [-0.25, -0.2) is 13.8 Å². The highest BCUT2D eigenvalue weighted by Crippen LogP contribution is 2.34. The molecule has 2 N–H and O–H groups in total. The minimum atomic E-state index is -4.65. The van der Waals surface area contributed by atoms with E-state index in [0.29, 0.717) is 38.9 Å². The number of carbonyl (C=O) groups excluding carboxylic acids is 2. The van der Waals surface area contributed by atoms with Gasteiger partial charge in [0.25, 0.3) is 5.91 Å². The summed E-state index contributed by atoms with van der Waals surface area (Å²) in [5, 5.41) is 9.33. The van der Waals surface area contributed by atoms with Gasteiger partial charge in [0.15, 0.2) is 11.5 Å². The number of rotatable bonds is 9. The lowest BCUT2D eigenvalue weighted by atomic mass is 9.80. The molecule has 9 nitrogen and oxygen atoms in total. The molecular formula is C29H30F5N5O4. The standard InChI is InChI=1S/C29H30F5N5O4/c1-26(2,22-5-4-6-23(35-22)29(32,33)34)36-24(40)11-28(13-39(14-28)12-27(3)15-42-16-27)37-25(41)20-10-21(43-38-20)18-8-7-17(30)9-19(18)31/h4-10H,11-16H2,1-3H3,(H,36,40)(H,37,41). The van der Waals surface area contributed by atoms with Crippen LogP contribution in [0.3, 0.4) is 0 Å². The van der Waals surface area contributed by atoms with Crippen molar-refractivity contribution in [2.45, 2.75) is 44.4 Å². The maximum absolute atomic E-state index is 14.2. The molecule has 2 aliphatic heterocycles. The molecular weight excluding hydrogens is 577 g/mol. The molecule has 2 aromatic heterocycles. The molecule has 2 aliphatic rings. The van der Waals surface area contributed by atoms with E-state index >= 15 is 0 Å². The molecule has 3 aromatic rings. The fraction of sp³-hybridized carbons (Fsp3) is 0.448. The third-order valence-corrected chi connectivity index (χ3v) is 7.51. The normalized spacial score (nSPS) is 18.0. The van der Waals surface area contributed by atoms with Crippen LogP contribution in [-0.4, -0.2) is 65.2 Å². The van der Waals surface area contributed by atoms with Gasteiger partial charge in [0.1, 0.15) is 17.3 Å². The maximum Gasteiger partial charge on any atom is 0.433 e.